The van der Waals surface area contributed by atoms with E-state index in [1.54, 1.807) is 6.92 Å². The van der Waals surface area contributed by atoms with Crippen molar-refractivity contribution in [2.45, 2.75) is 33.1 Å². The summed E-state index contributed by atoms with van der Waals surface area (Å²) in [5.74, 6) is -1.86. The fourth-order valence-corrected chi connectivity index (χ4v) is 0.774. The fourth-order valence-electron chi connectivity index (χ4n) is 0.774. The first-order valence-electron chi connectivity index (χ1n) is 5.07. The van der Waals surface area contributed by atoms with Crippen molar-refractivity contribution in [3.05, 3.63) is 0 Å². The van der Waals surface area contributed by atoms with E-state index in [0.717, 1.165) is 6.42 Å². The average Bonchev–Trinajstić information content (AvgIpc) is 2.21. The van der Waals surface area contributed by atoms with Gasteiger partial charge in [0.15, 0.2) is 0 Å². The molecule has 0 rings (SSSR count). The molecule has 4 N–H and O–H groups in total. The van der Waals surface area contributed by atoms with Crippen LogP contribution in [0.15, 0.2) is 0 Å². The maximum atomic E-state index is 10.4. The molecule has 0 spiro atoms. The van der Waals surface area contributed by atoms with Crippen molar-refractivity contribution in [1.82, 2.24) is 0 Å². The van der Waals surface area contributed by atoms with Crippen molar-refractivity contribution in [3.8, 4) is 0 Å². The van der Waals surface area contributed by atoms with Crippen molar-refractivity contribution >= 4 is 11.9 Å². The topological polar surface area (TPSA) is 115 Å². The van der Waals surface area contributed by atoms with Crippen LogP contribution in [0, 0.1) is 5.41 Å². The molecule has 0 saturated carbocycles. The number of hydrogen-bond donors (Lipinski definition) is 4. The minimum absolute atomic E-state index is 0.231. The summed E-state index contributed by atoms with van der Waals surface area (Å²) in [6, 6.07) is 0. The fraction of sp³-hybridized carbons (Fsp3) is 0.800. The largest absolute Gasteiger partial charge is 0.481 e. The molecule has 0 bridgehead atoms. The second-order valence-corrected chi connectivity index (χ2v) is 3.40. The molecule has 96 valence electrons. The number of rotatable bonds is 6. The number of carboxylic acid groups (broad SMARTS) is 2. The summed E-state index contributed by atoms with van der Waals surface area (Å²) in [6.07, 6.45) is 1.25. The lowest BCUT2D eigenvalue weighted by Gasteiger charge is -2.21. The van der Waals surface area contributed by atoms with E-state index in [1.165, 1.54) is 0 Å². The number of carbonyl (C=O) groups is 2. The third-order valence-electron chi connectivity index (χ3n) is 2.20. The van der Waals surface area contributed by atoms with Crippen molar-refractivity contribution < 1.29 is 30.0 Å². The first kappa shape index (κ1) is 17.3. The number of aliphatic hydroxyl groups is 2. The molecule has 0 fully saturated rings. The van der Waals surface area contributed by atoms with Gasteiger partial charge in [-0.15, -0.1) is 0 Å². The van der Waals surface area contributed by atoms with Crippen LogP contribution in [-0.4, -0.2) is 45.6 Å². The van der Waals surface area contributed by atoms with Gasteiger partial charge in [0.25, 0.3) is 0 Å². The van der Waals surface area contributed by atoms with Crippen molar-refractivity contribution in [2.75, 3.05) is 13.2 Å². The monoisotopic (exact) mass is 236 g/mol. The summed E-state index contributed by atoms with van der Waals surface area (Å²) >= 11 is 0. The molecular formula is C10H20O6. The zero-order valence-corrected chi connectivity index (χ0v) is 9.64. The van der Waals surface area contributed by atoms with E-state index < -0.39 is 30.6 Å². The van der Waals surface area contributed by atoms with Crippen LogP contribution in [-0.2, 0) is 9.59 Å². The number of hydrogen-bond acceptors (Lipinski definition) is 4. The lowest BCUT2D eigenvalue weighted by Crippen LogP contribution is -2.37. The van der Waals surface area contributed by atoms with Crippen molar-refractivity contribution in [3.63, 3.8) is 0 Å². The number of carboxylic acids is 2. The predicted molar refractivity (Wildman–Crippen MR) is 57.1 cm³/mol. The number of aliphatic hydroxyl groups excluding tert-OH is 2. The molecule has 0 aliphatic carbocycles. The Kier molecular flexibility index (Phi) is 9.83. The van der Waals surface area contributed by atoms with Crippen LogP contribution in [0.4, 0.5) is 0 Å². The molecule has 0 heterocycles. The Bertz CT molecular complexity index is 201. The Morgan fingerprint density at radius 2 is 1.50 bits per heavy atom. The number of aliphatic carboxylic acids is 2. The van der Waals surface area contributed by atoms with Gasteiger partial charge in [0.05, 0.1) is 13.2 Å². The van der Waals surface area contributed by atoms with Gasteiger partial charge >= 0.3 is 11.9 Å². The highest BCUT2D eigenvalue weighted by atomic mass is 16.4. The molecule has 0 atom stereocenters. The second-order valence-electron chi connectivity index (χ2n) is 3.40. The Balaban J connectivity index is 0. The van der Waals surface area contributed by atoms with Gasteiger partial charge in [0.1, 0.15) is 5.41 Å². The minimum Gasteiger partial charge on any atom is -0.481 e. The highest BCUT2D eigenvalue weighted by Gasteiger charge is 2.35. The zero-order chi connectivity index (χ0) is 13.2. The maximum absolute atomic E-state index is 10.4. The highest BCUT2D eigenvalue weighted by molar-refractivity contribution is 5.74. The van der Waals surface area contributed by atoms with Crippen LogP contribution in [0.25, 0.3) is 0 Å². The van der Waals surface area contributed by atoms with Crippen LogP contribution in [0.3, 0.4) is 0 Å². The lowest BCUT2D eigenvalue weighted by atomic mass is 9.87. The van der Waals surface area contributed by atoms with E-state index in [2.05, 4.69) is 0 Å². The van der Waals surface area contributed by atoms with E-state index in [-0.39, 0.29) is 6.42 Å². The molecule has 0 radical (unpaired) electrons. The highest BCUT2D eigenvalue weighted by Crippen LogP contribution is 2.19. The van der Waals surface area contributed by atoms with Crippen LogP contribution in [0.2, 0.25) is 0 Å². The molecule has 0 aromatic heterocycles. The molecule has 16 heavy (non-hydrogen) atoms. The molecule has 6 heteroatoms. The molecule has 0 aromatic carbocycles. The maximum Gasteiger partial charge on any atom is 0.314 e. The SMILES string of the molecule is CCC(CO)(CO)C(=O)O.CCCC(=O)O. The van der Waals surface area contributed by atoms with Gasteiger partial charge in [-0.25, -0.2) is 0 Å². The van der Waals surface area contributed by atoms with Gasteiger partial charge in [0, 0.05) is 6.42 Å². The lowest BCUT2D eigenvalue weighted by molar-refractivity contribution is -0.154. The normalized spacial score (nSPS) is 10.2. The summed E-state index contributed by atoms with van der Waals surface area (Å²) < 4.78 is 0. The first-order valence-corrected chi connectivity index (χ1v) is 5.07. The summed E-state index contributed by atoms with van der Waals surface area (Å²) in [4.78, 5) is 20.0. The van der Waals surface area contributed by atoms with E-state index in [9.17, 15) is 9.59 Å². The molecule has 0 amide bonds. The first-order chi connectivity index (χ1) is 7.40. The minimum atomic E-state index is -1.35. The Hall–Kier alpha value is -1.14. The molecule has 0 saturated heterocycles. The van der Waals surface area contributed by atoms with Crippen LogP contribution in [0.1, 0.15) is 33.1 Å². The van der Waals surface area contributed by atoms with Crippen molar-refractivity contribution in [2.24, 2.45) is 5.41 Å². The standard InChI is InChI=1S/C6H12O4.C4H8O2/c1-2-6(3-7,4-8)5(9)10;1-2-3-4(5)6/h7-8H,2-4H2,1H3,(H,9,10);2-3H2,1H3,(H,5,6). The van der Waals surface area contributed by atoms with E-state index in [0.29, 0.717) is 6.42 Å². The van der Waals surface area contributed by atoms with Gasteiger partial charge in [-0.2, -0.15) is 0 Å². The zero-order valence-electron chi connectivity index (χ0n) is 9.64. The quantitative estimate of drug-likeness (QED) is 0.528. The van der Waals surface area contributed by atoms with E-state index in [4.69, 9.17) is 20.4 Å². The molecule has 0 aliphatic heterocycles. The molecule has 0 aliphatic rings. The van der Waals surface area contributed by atoms with E-state index in [1.807, 2.05) is 6.92 Å². The molecule has 6 nitrogen and oxygen atoms in total. The van der Waals surface area contributed by atoms with Crippen LogP contribution >= 0.6 is 0 Å². The summed E-state index contributed by atoms with van der Waals surface area (Å²) in [5, 5.41) is 33.6. The van der Waals surface area contributed by atoms with Gasteiger partial charge in [0.2, 0.25) is 0 Å². The van der Waals surface area contributed by atoms with Gasteiger partial charge in [-0.3, -0.25) is 9.59 Å². The summed E-state index contributed by atoms with van der Waals surface area (Å²) in [5.41, 5.74) is -1.35. The second kappa shape index (κ2) is 9.11. The summed E-state index contributed by atoms with van der Waals surface area (Å²) in [7, 11) is 0. The van der Waals surface area contributed by atoms with E-state index >= 15 is 0 Å². The van der Waals surface area contributed by atoms with Gasteiger partial charge in [-0.1, -0.05) is 13.8 Å². The van der Waals surface area contributed by atoms with Crippen LogP contribution in [0.5, 0.6) is 0 Å². The Labute approximate surface area is 94.5 Å². The van der Waals surface area contributed by atoms with Gasteiger partial charge in [-0.05, 0) is 12.8 Å². The predicted octanol–water partition coefficient (Wildman–Crippen LogP) is 0.323. The van der Waals surface area contributed by atoms with Crippen LogP contribution < -0.4 is 0 Å². The van der Waals surface area contributed by atoms with Crippen molar-refractivity contribution in [1.29, 1.82) is 0 Å². The molecule has 0 aromatic rings. The van der Waals surface area contributed by atoms with Gasteiger partial charge < -0.3 is 20.4 Å². The Morgan fingerprint density at radius 1 is 1.06 bits per heavy atom. The average molecular weight is 236 g/mol. The summed E-state index contributed by atoms with van der Waals surface area (Å²) in [6.45, 7) is 2.42. The molecular weight excluding hydrogens is 216 g/mol. The smallest absolute Gasteiger partial charge is 0.314 e. The third-order valence-corrected chi connectivity index (χ3v) is 2.20. The third kappa shape index (κ3) is 6.36. The molecule has 0 unspecified atom stereocenters. The Morgan fingerprint density at radius 3 is 1.50 bits per heavy atom.